The molecule has 1 fully saturated rings. The van der Waals surface area contributed by atoms with Crippen molar-refractivity contribution in [1.82, 2.24) is 9.88 Å². The van der Waals surface area contributed by atoms with Crippen molar-refractivity contribution in [3.63, 3.8) is 0 Å². The maximum atomic E-state index is 14.2. The molecule has 4 rings (SSSR count). The molecule has 1 aliphatic heterocycles. The van der Waals surface area contributed by atoms with Crippen molar-refractivity contribution >= 4 is 51.6 Å². The first-order valence-corrected chi connectivity index (χ1v) is 9.52. The van der Waals surface area contributed by atoms with E-state index in [2.05, 4.69) is 15.5 Å². The Kier molecular flexibility index (Phi) is 4.96. The second kappa shape index (κ2) is 7.54. The molecule has 2 heterocycles. The molecule has 0 saturated carbocycles. The standard InChI is InChI=1S/C19H14ClFN4OS/c20-15-5-3-6-16(21)14(15)10-25-9-12(13-4-1-2-7-17(13)25)8-22-24-19-23-18(26)11-27-19/h1-9H,10-11H2,(H,23,24,26)/b22-8-. The zero-order chi connectivity index (χ0) is 18.8. The van der Waals surface area contributed by atoms with E-state index in [0.29, 0.717) is 28.1 Å². The molecule has 5 nitrogen and oxygen atoms in total. The fraction of sp³-hybridized carbons (Fsp3) is 0.105. The van der Waals surface area contributed by atoms with Gasteiger partial charge >= 0.3 is 0 Å². The highest BCUT2D eigenvalue weighted by Crippen LogP contribution is 2.25. The molecular weight excluding hydrogens is 387 g/mol. The molecular formula is C19H14ClFN4OS. The average molecular weight is 401 g/mol. The fourth-order valence-electron chi connectivity index (χ4n) is 2.89. The van der Waals surface area contributed by atoms with Gasteiger partial charge in [-0.05, 0) is 18.2 Å². The largest absolute Gasteiger partial charge is 0.342 e. The molecule has 1 aromatic heterocycles. The monoisotopic (exact) mass is 400 g/mol. The predicted octanol–water partition coefficient (Wildman–Crippen LogP) is 4.04. The van der Waals surface area contributed by atoms with Gasteiger partial charge in [-0.3, -0.25) is 4.79 Å². The number of carbonyl (C=O) groups is 1. The number of amides is 1. The van der Waals surface area contributed by atoms with Crippen LogP contribution in [0.15, 0.2) is 58.9 Å². The minimum Gasteiger partial charge on any atom is -0.342 e. The van der Waals surface area contributed by atoms with Crippen molar-refractivity contribution in [3.8, 4) is 0 Å². The number of nitrogens with zero attached hydrogens (tertiary/aromatic N) is 3. The summed E-state index contributed by atoms with van der Waals surface area (Å²) in [5.41, 5.74) is 2.22. The number of hydrogen-bond acceptors (Lipinski definition) is 4. The van der Waals surface area contributed by atoms with E-state index in [1.165, 1.54) is 17.8 Å². The summed E-state index contributed by atoms with van der Waals surface area (Å²) >= 11 is 7.48. The number of carbonyl (C=O) groups excluding carboxylic acids is 1. The Bertz CT molecular complexity index is 1070. The number of amidine groups is 1. The summed E-state index contributed by atoms with van der Waals surface area (Å²) in [7, 11) is 0. The Balaban J connectivity index is 1.68. The molecule has 1 aliphatic rings. The van der Waals surface area contributed by atoms with Crippen LogP contribution >= 0.6 is 23.4 Å². The van der Waals surface area contributed by atoms with Crippen LogP contribution in [-0.4, -0.2) is 27.6 Å². The summed E-state index contributed by atoms with van der Waals surface area (Å²) in [4.78, 5) is 11.2. The predicted molar refractivity (Wildman–Crippen MR) is 108 cm³/mol. The topological polar surface area (TPSA) is 58.8 Å². The second-order valence-corrected chi connectivity index (χ2v) is 7.29. The molecule has 1 saturated heterocycles. The van der Waals surface area contributed by atoms with Crippen LogP contribution in [0.25, 0.3) is 10.9 Å². The zero-order valence-electron chi connectivity index (χ0n) is 14.0. The maximum Gasteiger partial charge on any atom is 0.236 e. The lowest BCUT2D eigenvalue weighted by molar-refractivity contribution is -0.116. The molecule has 0 spiro atoms. The van der Waals surface area contributed by atoms with Crippen LogP contribution in [0.3, 0.4) is 0 Å². The van der Waals surface area contributed by atoms with Crippen molar-refractivity contribution < 1.29 is 9.18 Å². The zero-order valence-corrected chi connectivity index (χ0v) is 15.6. The molecule has 0 unspecified atom stereocenters. The number of fused-ring (bicyclic) bond motifs is 1. The van der Waals surface area contributed by atoms with Crippen LogP contribution in [0.4, 0.5) is 4.39 Å². The lowest BCUT2D eigenvalue weighted by Gasteiger charge is -2.08. The van der Waals surface area contributed by atoms with Crippen molar-refractivity contribution in [2.45, 2.75) is 6.54 Å². The van der Waals surface area contributed by atoms with E-state index >= 15 is 0 Å². The van der Waals surface area contributed by atoms with Gasteiger partial charge in [0.2, 0.25) is 5.91 Å². The first kappa shape index (κ1) is 17.8. The fourth-order valence-corrected chi connectivity index (χ4v) is 3.74. The number of nitrogens with one attached hydrogen (secondary N) is 1. The molecule has 27 heavy (non-hydrogen) atoms. The van der Waals surface area contributed by atoms with Gasteiger partial charge < -0.3 is 9.88 Å². The van der Waals surface area contributed by atoms with Crippen molar-refractivity contribution in [2.24, 2.45) is 10.2 Å². The molecule has 1 amide bonds. The summed E-state index contributed by atoms with van der Waals surface area (Å²) in [5, 5.41) is 12.6. The molecule has 3 aromatic rings. The van der Waals surface area contributed by atoms with Gasteiger partial charge in [-0.15, -0.1) is 5.10 Å². The molecule has 136 valence electrons. The SMILES string of the molecule is O=C1CSC(=N/N=C\c2cn(Cc3c(F)cccc3Cl)c3ccccc23)N1. The highest BCUT2D eigenvalue weighted by Gasteiger charge is 2.16. The number of benzene rings is 2. The first-order chi connectivity index (χ1) is 13.1. The number of hydrogen-bond donors (Lipinski definition) is 1. The number of thioether (sulfide) groups is 1. The van der Waals surface area contributed by atoms with Gasteiger partial charge in [-0.1, -0.05) is 47.6 Å². The highest BCUT2D eigenvalue weighted by molar-refractivity contribution is 8.15. The molecule has 0 radical (unpaired) electrons. The second-order valence-electron chi connectivity index (χ2n) is 5.92. The minimum atomic E-state index is -0.337. The Morgan fingerprint density at radius 3 is 2.89 bits per heavy atom. The first-order valence-electron chi connectivity index (χ1n) is 8.16. The molecule has 2 aromatic carbocycles. The van der Waals surface area contributed by atoms with Gasteiger partial charge in [0.15, 0.2) is 5.17 Å². The third kappa shape index (κ3) is 3.74. The Labute approximate surface area is 163 Å². The van der Waals surface area contributed by atoms with E-state index < -0.39 is 0 Å². The van der Waals surface area contributed by atoms with Crippen LogP contribution in [-0.2, 0) is 11.3 Å². The molecule has 1 N–H and O–H groups in total. The quantitative estimate of drug-likeness (QED) is 0.531. The number of halogens is 2. The van der Waals surface area contributed by atoms with Crippen molar-refractivity contribution in [2.75, 3.05) is 5.75 Å². The van der Waals surface area contributed by atoms with Crippen molar-refractivity contribution in [3.05, 3.63) is 70.6 Å². The maximum absolute atomic E-state index is 14.2. The van der Waals surface area contributed by atoms with E-state index in [4.69, 9.17) is 11.6 Å². The highest BCUT2D eigenvalue weighted by atomic mass is 35.5. The van der Waals surface area contributed by atoms with Crippen LogP contribution in [0.5, 0.6) is 0 Å². The Hall–Kier alpha value is -2.64. The average Bonchev–Trinajstić information content (AvgIpc) is 3.22. The number of rotatable bonds is 4. The Morgan fingerprint density at radius 2 is 2.11 bits per heavy atom. The normalized spacial score (nSPS) is 15.9. The Morgan fingerprint density at radius 1 is 1.26 bits per heavy atom. The van der Waals surface area contributed by atoms with Crippen molar-refractivity contribution in [1.29, 1.82) is 0 Å². The van der Waals surface area contributed by atoms with Gasteiger partial charge in [-0.25, -0.2) is 4.39 Å². The molecule has 8 heteroatoms. The summed E-state index contributed by atoms with van der Waals surface area (Å²) in [5.74, 6) is -0.0555. The molecule has 0 atom stereocenters. The van der Waals surface area contributed by atoms with Crippen LogP contribution in [0, 0.1) is 5.82 Å². The lowest BCUT2D eigenvalue weighted by Crippen LogP contribution is -2.19. The smallest absolute Gasteiger partial charge is 0.236 e. The van der Waals surface area contributed by atoms with Gasteiger partial charge in [-0.2, -0.15) is 5.10 Å². The summed E-state index contributed by atoms with van der Waals surface area (Å²) in [6.07, 6.45) is 3.51. The molecule has 0 aliphatic carbocycles. The van der Waals surface area contributed by atoms with E-state index in [1.54, 1.807) is 18.3 Å². The van der Waals surface area contributed by atoms with Gasteiger partial charge in [0.25, 0.3) is 0 Å². The van der Waals surface area contributed by atoms with Gasteiger partial charge in [0.05, 0.1) is 18.5 Å². The van der Waals surface area contributed by atoms with E-state index in [9.17, 15) is 9.18 Å². The van der Waals surface area contributed by atoms with Crippen LogP contribution < -0.4 is 5.32 Å². The third-order valence-electron chi connectivity index (χ3n) is 4.14. The van der Waals surface area contributed by atoms with Gasteiger partial charge in [0.1, 0.15) is 5.82 Å². The van der Waals surface area contributed by atoms with Crippen LogP contribution in [0.2, 0.25) is 5.02 Å². The third-order valence-corrected chi connectivity index (χ3v) is 5.36. The van der Waals surface area contributed by atoms with E-state index in [1.807, 2.05) is 35.0 Å². The summed E-state index contributed by atoms with van der Waals surface area (Å²) in [6, 6.07) is 12.4. The minimum absolute atomic E-state index is 0.0766. The molecule has 0 bridgehead atoms. The summed E-state index contributed by atoms with van der Waals surface area (Å²) < 4.78 is 16.1. The lowest BCUT2D eigenvalue weighted by atomic mass is 10.2. The van der Waals surface area contributed by atoms with E-state index in [-0.39, 0.29) is 11.7 Å². The summed E-state index contributed by atoms with van der Waals surface area (Å²) in [6.45, 7) is 0.306. The number of para-hydroxylation sites is 1. The van der Waals surface area contributed by atoms with Crippen LogP contribution in [0.1, 0.15) is 11.1 Å². The van der Waals surface area contributed by atoms with Gasteiger partial charge in [0, 0.05) is 33.2 Å². The number of aromatic nitrogens is 1. The van der Waals surface area contributed by atoms with E-state index in [0.717, 1.165) is 16.5 Å².